The largest absolute Gasteiger partial charge is 0.467 e. The highest BCUT2D eigenvalue weighted by Crippen LogP contribution is 2.14. The van der Waals surface area contributed by atoms with Crippen LogP contribution < -0.4 is 10.9 Å². The number of esters is 1. The second kappa shape index (κ2) is 7.04. The molecule has 0 fully saturated rings. The molecular formula is C18H15NO6. The Hall–Kier alpha value is -3.35. The van der Waals surface area contributed by atoms with Crippen LogP contribution in [0.3, 0.4) is 0 Å². The molecule has 0 unspecified atom stereocenters. The number of carbonyl (C=O) groups excluding carboxylic acids is 2. The molecule has 2 heterocycles. The summed E-state index contributed by atoms with van der Waals surface area (Å²) in [6.07, 6.45) is 1.50. The van der Waals surface area contributed by atoms with Gasteiger partial charge in [-0.1, -0.05) is 18.2 Å². The molecule has 7 nitrogen and oxygen atoms in total. The van der Waals surface area contributed by atoms with Crippen molar-refractivity contribution in [2.45, 2.75) is 13.0 Å². The van der Waals surface area contributed by atoms with E-state index in [1.807, 2.05) is 0 Å². The molecule has 3 rings (SSSR count). The Labute approximate surface area is 142 Å². The van der Waals surface area contributed by atoms with Crippen molar-refractivity contribution in [2.24, 2.45) is 0 Å². The van der Waals surface area contributed by atoms with Crippen LogP contribution in [-0.2, 0) is 9.53 Å². The van der Waals surface area contributed by atoms with E-state index in [0.717, 1.165) is 0 Å². The molecular weight excluding hydrogens is 326 g/mol. The Balaban J connectivity index is 1.63. The highest BCUT2D eigenvalue weighted by atomic mass is 16.5. The van der Waals surface area contributed by atoms with Crippen molar-refractivity contribution in [1.29, 1.82) is 0 Å². The van der Waals surface area contributed by atoms with Gasteiger partial charge in [0.2, 0.25) is 0 Å². The van der Waals surface area contributed by atoms with Crippen LogP contribution in [0.4, 0.5) is 0 Å². The third kappa shape index (κ3) is 3.77. The van der Waals surface area contributed by atoms with Gasteiger partial charge in [0.1, 0.15) is 16.9 Å². The minimum atomic E-state index is -0.916. The maximum Gasteiger partial charge on any atom is 0.351 e. The standard InChI is InChI=1S/C18H15NO6/c1-11(14-7-4-8-23-14)19-16(20)10-24-17(21)13-9-12-5-2-3-6-15(12)25-18(13)22/h2-9,11H,10H2,1H3,(H,19,20)/t11-/m0/s1. The van der Waals surface area contributed by atoms with Gasteiger partial charge in [0.25, 0.3) is 5.91 Å². The van der Waals surface area contributed by atoms with Gasteiger partial charge in [0.05, 0.1) is 12.3 Å². The third-order valence-electron chi connectivity index (χ3n) is 3.54. The molecule has 0 aliphatic heterocycles. The van der Waals surface area contributed by atoms with Crippen LogP contribution in [0.25, 0.3) is 11.0 Å². The first kappa shape index (κ1) is 16.5. The Morgan fingerprint density at radius 3 is 2.76 bits per heavy atom. The molecule has 0 radical (unpaired) electrons. The van der Waals surface area contributed by atoms with Crippen LogP contribution in [0.15, 0.2) is 62.4 Å². The van der Waals surface area contributed by atoms with Gasteiger partial charge in [0, 0.05) is 5.39 Å². The lowest BCUT2D eigenvalue weighted by atomic mass is 10.2. The average Bonchev–Trinajstić information content (AvgIpc) is 3.14. The van der Waals surface area contributed by atoms with Gasteiger partial charge in [0.15, 0.2) is 6.61 Å². The SMILES string of the molecule is C[C@H](NC(=O)COC(=O)c1cc2ccccc2oc1=O)c1ccco1. The number of ether oxygens (including phenoxy) is 1. The highest BCUT2D eigenvalue weighted by molar-refractivity contribution is 5.94. The van der Waals surface area contributed by atoms with Crippen LogP contribution in [-0.4, -0.2) is 18.5 Å². The Morgan fingerprint density at radius 2 is 2.00 bits per heavy atom. The van der Waals surface area contributed by atoms with E-state index in [-0.39, 0.29) is 11.6 Å². The number of amides is 1. The first-order valence-corrected chi connectivity index (χ1v) is 7.57. The van der Waals surface area contributed by atoms with Gasteiger partial charge in [-0.2, -0.15) is 0 Å². The van der Waals surface area contributed by atoms with Crippen molar-refractivity contribution in [3.05, 3.63) is 70.5 Å². The van der Waals surface area contributed by atoms with Crippen LogP contribution in [0.5, 0.6) is 0 Å². The van der Waals surface area contributed by atoms with Crippen molar-refractivity contribution >= 4 is 22.8 Å². The predicted molar refractivity (Wildman–Crippen MR) is 88.0 cm³/mol. The number of hydrogen-bond acceptors (Lipinski definition) is 6. The number of benzene rings is 1. The van der Waals surface area contributed by atoms with E-state index < -0.39 is 24.1 Å². The maximum absolute atomic E-state index is 12.0. The summed E-state index contributed by atoms with van der Waals surface area (Å²) in [5, 5.41) is 3.21. The van der Waals surface area contributed by atoms with Crippen molar-refractivity contribution in [1.82, 2.24) is 5.32 Å². The lowest BCUT2D eigenvalue weighted by molar-refractivity contribution is -0.125. The van der Waals surface area contributed by atoms with Crippen LogP contribution in [0.1, 0.15) is 29.1 Å². The van der Waals surface area contributed by atoms with Crippen LogP contribution in [0, 0.1) is 0 Å². The van der Waals surface area contributed by atoms with Gasteiger partial charge in [-0.25, -0.2) is 9.59 Å². The van der Waals surface area contributed by atoms with Gasteiger partial charge in [-0.05, 0) is 31.2 Å². The van der Waals surface area contributed by atoms with Gasteiger partial charge in [-0.15, -0.1) is 0 Å². The molecule has 1 aromatic carbocycles. The molecule has 1 atom stereocenters. The van der Waals surface area contributed by atoms with Crippen LogP contribution in [0.2, 0.25) is 0 Å². The number of nitrogens with one attached hydrogen (secondary N) is 1. The molecule has 0 aliphatic carbocycles. The first-order valence-electron chi connectivity index (χ1n) is 7.57. The number of carbonyl (C=O) groups is 2. The Bertz CT molecular complexity index is 957. The molecule has 2 aromatic heterocycles. The minimum absolute atomic E-state index is 0.259. The second-order valence-electron chi connectivity index (χ2n) is 5.37. The maximum atomic E-state index is 12.0. The minimum Gasteiger partial charge on any atom is -0.467 e. The zero-order valence-corrected chi connectivity index (χ0v) is 13.4. The number of fused-ring (bicyclic) bond motifs is 1. The Kier molecular flexibility index (Phi) is 4.65. The number of para-hydroxylation sites is 1. The fourth-order valence-corrected chi connectivity index (χ4v) is 2.31. The molecule has 1 amide bonds. The van der Waals surface area contributed by atoms with Gasteiger partial charge in [-0.3, -0.25) is 4.79 Å². The molecule has 7 heteroatoms. The third-order valence-corrected chi connectivity index (χ3v) is 3.54. The number of rotatable bonds is 5. The average molecular weight is 341 g/mol. The lowest BCUT2D eigenvalue weighted by Gasteiger charge is -2.11. The van der Waals surface area contributed by atoms with Crippen molar-refractivity contribution in [2.75, 3.05) is 6.61 Å². The lowest BCUT2D eigenvalue weighted by Crippen LogP contribution is -2.31. The van der Waals surface area contributed by atoms with E-state index >= 15 is 0 Å². The molecule has 0 bridgehead atoms. The molecule has 128 valence electrons. The fraction of sp³-hybridized carbons (Fsp3) is 0.167. The zero-order chi connectivity index (χ0) is 17.8. The van der Waals surface area contributed by atoms with E-state index in [1.54, 1.807) is 43.3 Å². The van der Waals surface area contributed by atoms with E-state index in [2.05, 4.69) is 5.32 Å². The molecule has 0 saturated heterocycles. The van der Waals surface area contributed by atoms with Crippen molar-refractivity contribution in [3.63, 3.8) is 0 Å². The van der Waals surface area contributed by atoms with E-state index in [0.29, 0.717) is 16.7 Å². The quantitative estimate of drug-likeness (QED) is 0.565. The monoisotopic (exact) mass is 341 g/mol. The fourth-order valence-electron chi connectivity index (χ4n) is 2.31. The summed E-state index contributed by atoms with van der Waals surface area (Å²) in [6, 6.07) is 11.2. The normalized spacial score (nSPS) is 11.9. The van der Waals surface area contributed by atoms with E-state index in [9.17, 15) is 14.4 Å². The summed E-state index contributed by atoms with van der Waals surface area (Å²) in [4.78, 5) is 35.8. The van der Waals surface area contributed by atoms with E-state index in [1.165, 1.54) is 12.3 Å². The van der Waals surface area contributed by atoms with E-state index in [4.69, 9.17) is 13.6 Å². The Morgan fingerprint density at radius 1 is 1.20 bits per heavy atom. The number of hydrogen-bond donors (Lipinski definition) is 1. The second-order valence-corrected chi connectivity index (χ2v) is 5.37. The summed E-state index contributed by atoms with van der Waals surface area (Å²) < 4.78 is 15.1. The molecule has 25 heavy (non-hydrogen) atoms. The summed E-state index contributed by atoms with van der Waals surface area (Å²) in [5.74, 6) is -0.849. The van der Waals surface area contributed by atoms with Crippen molar-refractivity contribution in [3.8, 4) is 0 Å². The first-order chi connectivity index (χ1) is 12.0. The highest BCUT2D eigenvalue weighted by Gasteiger charge is 2.18. The molecule has 3 aromatic rings. The zero-order valence-electron chi connectivity index (χ0n) is 13.4. The molecule has 0 saturated carbocycles. The molecule has 1 N–H and O–H groups in total. The van der Waals surface area contributed by atoms with Crippen LogP contribution >= 0.6 is 0 Å². The summed E-state index contributed by atoms with van der Waals surface area (Å²) >= 11 is 0. The van der Waals surface area contributed by atoms with Gasteiger partial charge >= 0.3 is 11.6 Å². The molecule has 0 aliphatic rings. The topological polar surface area (TPSA) is 98.7 Å². The summed E-state index contributed by atoms with van der Waals surface area (Å²) in [6.45, 7) is 1.21. The summed E-state index contributed by atoms with van der Waals surface area (Å²) in [5.41, 5.74) is -0.701. The van der Waals surface area contributed by atoms with Gasteiger partial charge < -0.3 is 18.9 Å². The summed E-state index contributed by atoms with van der Waals surface area (Å²) in [7, 11) is 0. The smallest absolute Gasteiger partial charge is 0.351 e. The number of furan rings is 1. The van der Waals surface area contributed by atoms with Crippen molar-refractivity contribution < 1.29 is 23.2 Å². The molecule has 0 spiro atoms. The predicted octanol–water partition coefficient (Wildman–Crippen LogP) is 2.42.